The van der Waals surface area contributed by atoms with E-state index >= 15 is 0 Å². The third-order valence-electron chi connectivity index (χ3n) is 7.14. The number of fused-ring (bicyclic) bond motifs is 1. The lowest BCUT2D eigenvalue weighted by atomic mass is 9.92. The number of carbonyl (C=O) groups is 1. The van der Waals surface area contributed by atoms with Crippen molar-refractivity contribution in [2.24, 2.45) is 0 Å². The highest BCUT2D eigenvalue weighted by molar-refractivity contribution is 5.98. The molecule has 1 saturated heterocycles. The maximum atomic E-state index is 13.4. The Morgan fingerprint density at radius 1 is 0.912 bits per heavy atom. The minimum absolute atomic E-state index is 0.0376. The van der Waals surface area contributed by atoms with Crippen LogP contribution < -0.4 is 10.2 Å². The van der Waals surface area contributed by atoms with Crippen molar-refractivity contribution in [1.29, 1.82) is 0 Å². The van der Waals surface area contributed by atoms with Crippen LogP contribution in [0, 0.1) is 0 Å². The molecule has 1 aromatic heterocycles. The van der Waals surface area contributed by atoms with Gasteiger partial charge in [-0.2, -0.15) is 4.98 Å². The van der Waals surface area contributed by atoms with E-state index in [9.17, 15) is 4.79 Å². The van der Waals surface area contributed by atoms with E-state index in [4.69, 9.17) is 14.7 Å². The lowest BCUT2D eigenvalue weighted by molar-refractivity contribution is 0.0602. The maximum Gasteiger partial charge on any atom is 0.273 e. The molecule has 174 valence electrons. The van der Waals surface area contributed by atoms with Gasteiger partial charge in [-0.15, -0.1) is 0 Å². The van der Waals surface area contributed by atoms with Crippen molar-refractivity contribution in [3.8, 4) is 0 Å². The van der Waals surface area contributed by atoms with Crippen molar-refractivity contribution in [1.82, 2.24) is 14.9 Å². The molecule has 3 heterocycles. The molecule has 0 spiro atoms. The molecular formula is C27H29N5O2. The van der Waals surface area contributed by atoms with Gasteiger partial charge in [-0.05, 0) is 30.4 Å². The number of amides is 1. The molecule has 3 aromatic rings. The van der Waals surface area contributed by atoms with Crippen molar-refractivity contribution in [2.45, 2.75) is 37.9 Å². The number of aromatic nitrogens is 2. The molecule has 0 unspecified atom stereocenters. The van der Waals surface area contributed by atoms with E-state index in [1.165, 1.54) is 6.42 Å². The van der Waals surface area contributed by atoms with Crippen LogP contribution in [0.2, 0.25) is 0 Å². The lowest BCUT2D eigenvalue weighted by Gasteiger charge is -2.34. The fraction of sp³-hybridized carbons (Fsp3) is 0.370. The molecule has 1 aliphatic carbocycles. The van der Waals surface area contributed by atoms with Gasteiger partial charge in [0.05, 0.1) is 25.8 Å². The zero-order valence-corrected chi connectivity index (χ0v) is 19.2. The molecule has 0 radical (unpaired) electrons. The zero-order chi connectivity index (χ0) is 22.9. The van der Waals surface area contributed by atoms with Crippen LogP contribution in [0.3, 0.4) is 0 Å². The van der Waals surface area contributed by atoms with Gasteiger partial charge in [0.15, 0.2) is 0 Å². The largest absolute Gasteiger partial charge is 0.378 e. The average Bonchev–Trinajstić information content (AvgIpc) is 3.19. The van der Waals surface area contributed by atoms with Gasteiger partial charge in [0, 0.05) is 24.7 Å². The van der Waals surface area contributed by atoms with Crippen LogP contribution in [0.15, 0.2) is 60.7 Å². The quantitative estimate of drug-likeness (QED) is 0.605. The van der Waals surface area contributed by atoms with Crippen molar-refractivity contribution in [3.05, 3.63) is 83.0 Å². The van der Waals surface area contributed by atoms with E-state index < -0.39 is 0 Å². The standard InChI is InChI=1S/C27H29N5O2/c33-26-24-22(18-32(26)21-12-7-13-21)25(30-27(29-24)31-14-16-34-17-15-31)28-23(19-8-3-1-4-9-19)20-10-5-2-6-11-20/h1-6,8-11,21,23H,7,12-18H2,(H,28,29,30). The van der Waals surface area contributed by atoms with Crippen LogP contribution in [0.5, 0.6) is 0 Å². The first-order valence-electron chi connectivity index (χ1n) is 12.2. The zero-order valence-electron chi connectivity index (χ0n) is 19.2. The number of carbonyl (C=O) groups excluding carboxylic acids is 1. The first kappa shape index (κ1) is 21.1. The molecule has 7 heteroatoms. The Morgan fingerprint density at radius 2 is 1.56 bits per heavy atom. The number of nitrogens with zero attached hydrogens (tertiary/aromatic N) is 4. The van der Waals surface area contributed by atoms with E-state index in [1.807, 2.05) is 17.0 Å². The third-order valence-corrected chi connectivity index (χ3v) is 7.14. The summed E-state index contributed by atoms with van der Waals surface area (Å²) in [4.78, 5) is 27.3. The molecule has 1 amide bonds. The monoisotopic (exact) mass is 455 g/mol. The fourth-order valence-electron chi connectivity index (χ4n) is 4.98. The molecule has 0 bridgehead atoms. The second-order valence-electron chi connectivity index (χ2n) is 9.22. The summed E-state index contributed by atoms with van der Waals surface area (Å²) < 4.78 is 5.53. The van der Waals surface area contributed by atoms with Gasteiger partial charge < -0.3 is 19.9 Å². The molecule has 1 saturated carbocycles. The van der Waals surface area contributed by atoms with Crippen LogP contribution in [-0.2, 0) is 11.3 Å². The highest BCUT2D eigenvalue weighted by atomic mass is 16.5. The molecule has 2 fully saturated rings. The van der Waals surface area contributed by atoms with Gasteiger partial charge in [0.1, 0.15) is 11.5 Å². The molecule has 6 rings (SSSR count). The molecule has 7 nitrogen and oxygen atoms in total. The van der Waals surface area contributed by atoms with Crippen LogP contribution in [-0.4, -0.2) is 53.1 Å². The van der Waals surface area contributed by atoms with E-state index in [2.05, 4.69) is 58.7 Å². The molecule has 2 aromatic carbocycles. The summed E-state index contributed by atoms with van der Waals surface area (Å²) in [5, 5.41) is 3.72. The van der Waals surface area contributed by atoms with Crippen LogP contribution >= 0.6 is 0 Å². The number of ether oxygens (including phenoxy) is 1. The second-order valence-corrected chi connectivity index (χ2v) is 9.22. The van der Waals surface area contributed by atoms with E-state index in [-0.39, 0.29) is 11.9 Å². The van der Waals surface area contributed by atoms with Crippen molar-refractivity contribution in [2.75, 3.05) is 36.5 Å². The number of nitrogens with one attached hydrogen (secondary N) is 1. The Labute approximate surface area is 199 Å². The van der Waals surface area contributed by atoms with Crippen molar-refractivity contribution >= 4 is 17.7 Å². The van der Waals surface area contributed by atoms with Gasteiger partial charge in [0.2, 0.25) is 5.95 Å². The smallest absolute Gasteiger partial charge is 0.273 e. The van der Waals surface area contributed by atoms with Crippen molar-refractivity contribution < 1.29 is 9.53 Å². The average molecular weight is 456 g/mol. The predicted molar refractivity (Wildman–Crippen MR) is 131 cm³/mol. The van der Waals surface area contributed by atoms with Crippen molar-refractivity contribution in [3.63, 3.8) is 0 Å². The van der Waals surface area contributed by atoms with Crippen LogP contribution in [0.1, 0.15) is 52.5 Å². The maximum absolute atomic E-state index is 13.4. The van der Waals surface area contributed by atoms with E-state index in [0.717, 1.165) is 48.4 Å². The highest BCUT2D eigenvalue weighted by Gasteiger charge is 2.39. The third kappa shape index (κ3) is 3.90. The van der Waals surface area contributed by atoms with Gasteiger partial charge in [-0.25, -0.2) is 4.98 Å². The van der Waals surface area contributed by atoms with Crippen LogP contribution in [0.25, 0.3) is 0 Å². The first-order chi connectivity index (χ1) is 16.8. The molecule has 34 heavy (non-hydrogen) atoms. The molecular weight excluding hydrogens is 426 g/mol. The Hall–Kier alpha value is -3.45. The number of rotatable bonds is 6. The van der Waals surface area contributed by atoms with E-state index in [0.29, 0.717) is 37.4 Å². The van der Waals surface area contributed by atoms with Gasteiger partial charge in [0.25, 0.3) is 5.91 Å². The molecule has 3 aliphatic rings. The number of morpholine rings is 1. The van der Waals surface area contributed by atoms with Gasteiger partial charge in [-0.3, -0.25) is 4.79 Å². The Bertz CT molecular complexity index is 1120. The minimum atomic E-state index is -0.0909. The lowest BCUT2D eigenvalue weighted by Crippen LogP contribution is -2.40. The summed E-state index contributed by atoms with van der Waals surface area (Å²) in [6.07, 6.45) is 3.33. The summed E-state index contributed by atoms with van der Waals surface area (Å²) in [7, 11) is 0. The Balaban J connectivity index is 1.42. The van der Waals surface area contributed by atoms with Gasteiger partial charge in [-0.1, -0.05) is 60.7 Å². The summed E-state index contributed by atoms with van der Waals surface area (Å²) >= 11 is 0. The van der Waals surface area contributed by atoms with Crippen LogP contribution in [0.4, 0.5) is 11.8 Å². The number of hydrogen-bond donors (Lipinski definition) is 1. The first-order valence-corrected chi connectivity index (χ1v) is 12.2. The highest BCUT2D eigenvalue weighted by Crippen LogP contribution is 2.37. The Morgan fingerprint density at radius 3 is 2.15 bits per heavy atom. The summed E-state index contributed by atoms with van der Waals surface area (Å²) in [5.74, 6) is 1.39. The topological polar surface area (TPSA) is 70.6 Å². The fourth-order valence-corrected chi connectivity index (χ4v) is 4.98. The SMILES string of the molecule is O=C1c2nc(N3CCOCC3)nc(NC(c3ccccc3)c3ccccc3)c2CN1C1CCC1. The normalized spacial score (nSPS) is 18.2. The summed E-state index contributed by atoms with van der Waals surface area (Å²) in [6, 6.07) is 21.0. The number of anilines is 2. The van der Waals surface area contributed by atoms with E-state index in [1.54, 1.807) is 0 Å². The predicted octanol–water partition coefficient (Wildman–Crippen LogP) is 4.02. The molecule has 0 atom stereocenters. The second kappa shape index (κ2) is 9.06. The molecule has 2 aliphatic heterocycles. The summed E-state index contributed by atoms with van der Waals surface area (Å²) in [5.41, 5.74) is 3.75. The summed E-state index contributed by atoms with van der Waals surface area (Å²) in [6.45, 7) is 3.30. The number of hydrogen-bond acceptors (Lipinski definition) is 6. The number of benzene rings is 2. The van der Waals surface area contributed by atoms with Gasteiger partial charge >= 0.3 is 0 Å². The minimum Gasteiger partial charge on any atom is -0.378 e. The Kier molecular flexibility index (Phi) is 5.63. The molecule has 1 N–H and O–H groups in total.